The highest BCUT2D eigenvalue weighted by Gasteiger charge is 2.19. The zero-order chi connectivity index (χ0) is 22.6. The molecule has 3 heterocycles. The molecule has 0 aliphatic carbocycles. The van der Waals surface area contributed by atoms with Crippen LogP contribution in [0.25, 0.3) is 10.9 Å². The topological polar surface area (TPSA) is 82.0 Å². The number of hydrogen-bond acceptors (Lipinski definition) is 6. The highest BCUT2D eigenvalue weighted by Crippen LogP contribution is 2.33. The molecule has 0 bridgehead atoms. The maximum atomic E-state index is 12.7. The lowest BCUT2D eigenvalue weighted by molar-refractivity contribution is -0.135. The molecule has 2 amide bonds. The number of hydrogen-bond donors (Lipinski definition) is 1. The van der Waals surface area contributed by atoms with Gasteiger partial charge in [-0.25, -0.2) is 0 Å². The highest BCUT2D eigenvalue weighted by molar-refractivity contribution is 8.00. The van der Waals surface area contributed by atoms with Gasteiger partial charge in [-0.3, -0.25) is 9.59 Å². The molecule has 0 unspecified atom stereocenters. The number of rotatable bonds is 7. The molecular formula is C24H25N3O5S. The number of aromatic nitrogens is 1. The van der Waals surface area contributed by atoms with Crippen LogP contribution in [-0.2, 0) is 27.4 Å². The standard InChI is InChI=1S/C24H25N3O5S/c28-23(25-12-17-5-6-20-21(11-17)32-16-31-20)15-33-22-13-27(19-4-2-1-3-18(19)22)14-24(29)26-7-9-30-10-8-26/h1-6,11,13H,7-10,12,14-16H2,(H,25,28). The van der Waals surface area contributed by atoms with Crippen molar-refractivity contribution < 1.29 is 23.8 Å². The Morgan fingerprint density at radius 2 is 1.85 bits per heavy atom. The van der Waals surface area contributed by atoms with Gasteiger partial charge in [0, 0.05) is 41.6 Å². The monoisotopic (exact) mass is 467 g/mol. The summed E-state index contributed by atoms with van der Waals surface area (Å²) < 4.78 is 18.0. The summed E-state index contributed by atoms with van der Waals surface area (Å²) >= 11 is 1.47. The smallest absolute Gasteiger partial charge is 0.242 e. The van der Waals surface area contributed by atoms with Gasteiger partial charge in [0.15, 0.2) is 11.5 Å². The van der Waals surface area contributed by atoms with E-state index in [9.17, 15) is 9.59 Å². The Labute approximate surface area is 195 Å². The second kappa shape index (κ2) is 9.76. The minimum absolute atomic E-state index is 0.0566. The lowest BCUT2D eigenvalue weighted by atomic mass is 10.2. The fourth-order valence-electron chi connectivity index (χ4n) is 3.96. The van der Waals surface area contributed by atoms with Crippen molar-refractivity contribution in [2.24, 2.45) is 0 Å². The maximum Gasteiger partial charge on any atom is 0.242 e. The lowest BCUT2D eigenvalue weighted by Gasteiger charge is -2.27. The van der Waals surface area contributed by atoms with E-state index in [-0.39, 0.29) is 30.9 Å². The molecule has 5 rings (SSSR count). The maximum absolute atomic E-state index is 12.7. The van der Waals surface area contributed by atoms with Crippen LogP contribution in [0.4, 0.5) is 0 Å². The summed E-state index contributed by atoms with van der Waals surface area (Å²) in [6.45, 7) is 3.35. The number of morpholine rings is 1. The first-order valence-corrected chi connectivity index (χ1v) is 11.9. The number of thioether (sulfide) groups is 1. The fraction of sp³-hybridized carbons (Fsp3) is 0.333. The molecule has 2 aromatic carbocycles. The molecular weight excluding hydrogens is 442 g/mol. The fourth-order valence-corrected chi connectivity index (χ4v) is 4.88. The number of nitrogens with zero attached hydrogens (tertiary/aromatic N) is 2. The van der Waals surface area contributed by atoms with Crippen LogP contribution in [0, 0.1) is 0 Å². The van der Waals surface area contributed by atoms with Crippen LogP contribution in [0.15, 0.2) is 53.6 Å². The molecule has 9 heteroatoms. The van der Waals surface area contributed by atoms with Crippen LogP contribution in [0.1, 0.15) is 5.56 Å². The quantitative estimate of drug-likeness (QED) is 0.538. The number of carbonyl (C=O) groups is 2. The molecule has 0 radical (unpaired) electrons. The number of para-hydroxylation sites is 1. The minimum Gasteiger partial charge on any atom is -0.454 e. The molecule has 1 N–H and O–H groups in total. The van der Waals surface area contributed by atoms with Gasteiger partial charge in [0.05, 0.1) is 19.0 Å². The molecule has 0 atom stereocenters. The first-order chi connectivity index (χ1) is 16.2. The van der Waals surface area contributed by atoms with E-state index in [1.165, 1.54) is 11.8 Å². The Morgan fingerprint density at radius 1 is 1.03 bits per heavy atom. The summed E-state index contributed by atoms with van der Waals surface area (Å²) in [7, 11) is 0. The van der Waals surface area contributed by atoms with Gasteiger partial charge in [-0.2, -0.15) is 0 Å². The first kappa shape index (κ1) is 21.7. The van der Waals surface area contributed by atoms with E-state index in [2.05, 4.69) is 5.32 Å². The molecule has 2 aliphatic heterocycles. The summed E-state index contributed by atoms with van der Waals surface area (Å²) in [5, 5.41) is 4.00. The van der Waals surface area contributed by atoms with Crippen molar-refractivity contribution in [3.05, 3.63) is 54.2 Å². The van der Waals surface area contributed by atoms with E-state index >= 15 is 0 Å². The van der Waals surface area contributed by atoms with E-state index in [1.54, 1.807) is 0 Å². The zero-order valence-electron chi connectivity index (χ0n) is 18.1. The normalized spacial score (nSPS) is 15.1. The molecule has 1 saturated heterocycles. The van der Waals surface area contributed by atoms with Crippen LogP contribution < -0.4 is 14.8 Å². The third-order valence-corrected chi connectivity index (χ3v) is 6.75. The van der Waals surface area contributed by atoms with Crippen molar-refractivity contribution in [2.75, 3.05) is 38.8 Å². The summed E-state index contributed by atoms with van der Waals surface area (Å²) in [5.41, 5.74) is 1.94. The number of amides is 2. The number of fused-ring (bicyclic) bond motifs is 2. The van der Waals surface area contributed by atoms with E-state index in [1.807, 2.05) is 58.1 Å². The SMILES string of the molecule is O=C(CSc1cn(CC(=O)N2CCOCC2)c2ccccc12)NCc1ccc2c(c1)OCO2. The number of nitrogens with one attached hydrogen (secondary N) is 1. The van der Waals surface area contributed by atoms with Gasteiger partial charge in [0.1, 0.15) is 6.54 Å². The van der Waals surface area contributed by atoms with Crippen LogP contribution in [0.5, 0.6) is 11.5 Å². The molecule has 2 aliphatic rings. The van der Waals surface area contributed by atoms with Crippen molar-refractivity contribution in [2.45, 2.75) is 18.0 Å². The van der Waals surface area contributed by atoms with E-state index < -0.39 is 0 Å². The molecule has 8 nitrogen and oxygen atoms in total. The summed E-state index contributed by atoms with van der Waals surface area (Å²) in [5.74, 6) is 1.74. The van der Waals surface area contributed by atoms with Crippen molar-refractivity contribution in [1.82, 2.24) is 14.8 Å². The first-order valence-electron chi connectivity index (χ1n) is 10.9. The van der Waals surface area contributed by atoms with Gasteiger partial charge in [-0.05, 0) is 23.8 Å². The second-order valence-corrected chi connectivity index (χ2v) is 8.90. The molecule has 1 fully saturated rings. The van der Waals surface area contributed by atoms with Crippen molar-refractivity contribution in [3.8, 4) is 11.5 Å². The van der Waals surface area contributed by atoms with Crippen molar-refractivity contribution in [3.63, 3.8) is 0 Å². The van der Waals surface area contributed by atoms with Gasteiger partial charge >= 0.3 is 0 Å². The lowest BCUT2D eigenvalue weighted by Crippen LogP contribution is -2.42. The summed E-state index contributed by atoms with van der Waals surface area (Å²) in [6, 6.07) is 13.6. The van der Waals surface area contributed by atoms with E-state index in [0.717, 1.165) is 27.1 Å². The molecule has 33 heavy (non-hydrogen) atoms. The van der Waals surface area contributed by atoms with E-state index in [0.29, 0.717) is 38.6 Å². The molecule has 3 aromatic rings. The summed E-state index contributed by atoms with van der Waals surface area (Å²) in [4.78, 5) is 28.0. The number of ether oxygens (including phenoxy) is 3. The molecule has 172 valence electrons. The molecule has 1 aromatic heterocycles. The van der Waals surface area contributed by atoms with Crippen molar-refractivity contribution in [1.29, 1.82) is 0 Å². The van der Waals surface area contributed by atoms with Crippen molar-refractivity contribution >= 4 is 34.5 Å². The molecule has 0 spiro atoms. The van der Waals surface area contributed by atoms with Crippen LogP contribution >= 0.6 is 11.8 Å². The summed E-state index contributed by atoms with van der Waals surface area (Å²) in [6.07, 6.45) is 1.97. The van der Waals surface area contributed by atoms with Gasteiger partial charge in [0.2, 0.25) is 18.6 Å². The van der Waals surface area contributed by atoms with Gasteiger partial charge in [0.25, 0.3) is 0 Å². The Hall–Kier alpha value is -3.17. The van der Waals surface area contributed by atoms with E-state index in [4.69, 9.17) is 14.2 Å². The van der Waals surface area contributed by atoms with Crippen LogP contribution in [-0.4, -0.2) is 60.1 Å². The minimum atomic E-state index is -0.0566. The average Bonchev–Trinajstić information content (AvgIpc) is 3.46. The van der Waals surface area contributed by atoms with Crippen LogP contribution in [0.2, 0.25) is 0 Å². The average molecular weight is 468 g/mol. The number of carbonyl (C=O) groups excluding carboxylic acids is 2. The Balaban J connectivity index is 1.20. The molecule has 0 saturated carbocycles. The highest BCUT2D eigenvalue weighted by atomic mass is 32.2. The van der Waals surface area contributed by atoms with Gasteiger partial charge in [-0.15, -0.1) is 11.8 Å². The Kier molecular flexibility index (Phi) is 6.41. The predicted octanol–water partition coefficient (Wildman–Crippen LogP) is 2.64. The Morgan fingerprint density at radius 3 is 2.73 bits per heavy atom. The van der Waals surface area contributed by atoms with Gasteiger partial charge in [-0.1, -0.05) is 24.3 Å². The largest absolute Gasteiger partial charge is 0.454 e. The number of benzene rings is 2. The van der Waals surface area contributed by atoms with Gasteiger partial charge < -0.3 is 29.0 Å². The third kappa shape index (κ3) is 4.94. The Bertz CT molecular complexity index is 1170. The third-order valence-electron chi connectivity index (χ3n) is 5.71. The predicted molar refractivity (Wildman–Crippen MR) is 124 cm³/mol. The second-order valence-electron chi connectivity index (χ2n) is 7.88. The zero-order valence-corrected chi connectivity index (χ0v) is 18.9. The van der Waals surface area contributed by atoms with Crippen LogP contribution in [0.3, 0.4) is 0 Å².